The molecule has 4 atom stereocenters. The molecule has 0 aromatic rings. The molecule has 1 saturated heterocycles. The molecule has 2 fully saturated rings. The summed E-state index contributed by atoms with van der Waals surface area (Å²) in [6.45, 7) is 11.7. The Morgan fingerprint density at radius 3 is 2.79 bits per heavy atom. The van der Waals surface area contributed by atoms with Crippen LogP contribution in [0.2, 0.25) is 0 Å². The highest BCUT2D eigenvalue weighted by atomic mass is 16.6. The van der Waals surface area contributed by atoms with Gasteiger partial charge in [-0.05, 0) is 30.4 Å². The Bertz CT molecular complexity index is 642. The number of esters is 2. The van der Waals surface area contributed by atoms with Crippen molar-refractivity contribution in [3.05, 3.63) is 35.5 Å². The molecule has 1 aliphatic heterocycles. The minimum atomic E-state index is -0.646. The van der Waals surface area contributed by atoms with E-state index in [4.69, 9.17) is 9.47 Å². The van der Waals surface area contributed by atoms with Crippen molar-refractivity contribution in [1.82, 2.24) is 0 Å². The fourth-order valence-electron chi connectivity index (χ4n) is 3.92. The first kappa shape index (κ1) is 17.0. The predicted molar refractivity (Wildman–Crippen MR) is 87.8 cm³/mol. The molecule has 24 heavy (non-hydrogen) atoms. The molecule has 5 heteroatoms. The number of hydrogen-bond acceptors (Lipinski definition) is 5. The van der Waals surface area contributed by atoms with Gasteiger partial charge in [-0.15, -0.1) is 0 Å². The number of hydrogen-bond donors (Lipinski definition) is 1. The van der Waals surface area contributed by atoms with Gasteiger partial charge in [-0.25, -0.2) is 4.79 Å². The van der Waals surface area contributed by atoms with Crippen LogP contribution in [0, 0.1) is 17.8 Å². The zero-order valence-electron chi connectivity index (χ0n) is 14.2. The van der Waals surface area contributed by atoms with E-state index < -0.39 is 6.10 Å². The van der Waals surface area contributed by atoms with Crippen LogP contribution in [-0.4, -0.2) is 35.9 Å². The molecule has 4 unspecified atom stereocenters. The lowest BCUT2D eigenvalue weighted by Crippen LogP contribution is -2.27. The highest BCUT2D eigenvalue weighted by Crippen LogP contribution is 2.50. The van der Waals surface area contributed by atoms with Crippen LogP contribution in [-0.2, 0) is 19.1 Å². The van der Waals surface area contributed by atoms with Crippen LogP contribution in [0.3, 0.4) is 0 Å². The summed E-state index contributed by atoms with van der Waals surface area (Å²) in [7, 11) is 0. The van der Waals surface area contributed by atoms with Crippen LogP contribution in [0.5, 0.6) is 0 Å². The van der Waals surface area contributed by atoms with Gasteiger partial charge in [0.2, 0.25) is 0 Å². The van der Waals surface area contributed by atoms with Gasteiger partial charge in [0.25, 0.3) is 0 Å². The summed E-state index contributed by atoms with van der Waals surface area (Å²) in [5.74, 6) is -1.05. The zero-order chi connectivity index (χ0) is 17.6. The molecule has 3 aliphatic rings. The summed E-state index contributed by atoms with van der Waals surface area (Å²) in [5.41, 5.74) is 3.20. The summed E-state index contributed by atoms with van der Waals surface area (Å²) in [5, 5.41) is 10.3. The monoisotopic (exact) mass is 332 g/mol. The normalized spacial score (nSPS) is 32.6. The van der Waals surface area contributed by atoms with Crippen molar-refractivity contribution >= 4 is 11.9 Å². The highest BCUT2D eigenvalue weighted by molar-refractivity contribution is 5.91. The number of aliphatic hydroxyl groups is 1. The predicted octanol–water partition coefficient (Wildman–Crippen LogP) is 2.31. The first-order valence-corrected chi connectivity index (χ1v) is 8.45. The molecule has 5 nitrogen and oxygen atoms in total. The third-order valence-electron chi connectivity index (χ3n) is 5.37. The molecule has 0 radical (unpaired) electrons. The van der Waals surface area contributed by atoms with E-state index in [0.29, 0.717) is 24.0 Å². The van der Waals surface area contributed by atoms with Crippen molar-refractivity contribution in [3.63, 3.8) is 0 Å². The van der Waals surface area contributed by atoms with Crippen molar-refractivity contribution in [2.75, 3.05) is 6.61 Å². The average Bonchev–Trinajstić information content (AvgIpc) is 2.91. The fourth-order valence-corrected chi connectivity index (χ4v) is 3.92. The minimum Gasteiger partial charge on any atom is -0.461 e. The van der Waals surface area contributed by atoms with Crippen molar-refractivity contribution in [2.45, 2.75) is 45.3 Å². The molecule has 1 N–H and O–H groups in total. The van der Waals surface area contributed by atoms with Crippen molar-refractivity contribution in [2.24, 2.45) is 17.8 Å². The van der Waals surface area contributed by atoms with Gasteiger partial charge in [0.05, 0.1) is 12.0 Å². The van der Waals surface area contributed by atoms with Gasteiger partial charge in [0, 0.05) is 17.4 Å². The van der Waals surface area contributed by atoms with E-state index in [-0.39, 0.29) is 42.4 Å². The first-order chi connectivity index (χ1) is 11.3. The summed E-state index contributed by atoms with van der Waals surface area (Å²) >= 11 is 0. The summed E-state index contributed by atoms with van der Waals surface area (Å²) in [6.07, 6.45) is 0.905. The maximum atomic E-state index is 11.9. The van der Waals surface area contributed by atoms with Crippen LogP contribution in [0.1, 0.15) is 33.1 Å². The third-order valence-corrected chi connectivity index (χ3v) is 5.37. The Kier molecular flexibility index (Phi) is 4.38. The SMILES string of the molecule is C=C1C(=O)OC2C1CCC(COC(=O)C(C)C)=C1CC(O)C(=C)C12. The maximum absolute atomic E-state index is 11.9. The number of ether oxygens (including phenoxy) is 2. The second-order valence-corrected chi connectivity index (χ2v) is 7.20. The number of fused-ring (bicyclic) bond motifs is 3. The summed E-state index contributed by atoms with van der Waals surface area (Å²) in [6, 6.07) is 0. The molecule has 130 valence electrons. The van der Waals surface area contributed by atoms with Gasteiger partial charge in [0.1, 0.15) is 12.7 Å². The first-order valence-electron chi connectivity index (χ1n) is 8.45. The van der Waals surface area contributed by atoms with Gasteiger partial charge in [-0.1, -0.05) is 32.6 Å². The standard InChI is InChI=1S/C19H24O5/c1-9(2)18(21)23-8-12-5-6-13-10(3)19(22)24-17(13)16-11(4)15(20)7-14(12)16/h9,13,15-17,20H,3-8H2,1-2H3. The van der Waals surface area contributed by atoms with E-state index in [0.717, 1.165) is 17.6 Å². The largest absolute Gasteiger partial charge is 0.461 e. The van der Waals surface area contributed by atoms with Gasteiger partial charge < -0.3 is 14.6 Å². The van der Waals surface area contributed by atoms with E-state index in [1.165, 1.54) is 0 Å². The van der Waals surface area contributed by atoms with Crippen LogP contribution in [0.4, 0.5) is 0 Å². The molecule has 0 aromatic heterocycles. The molecular weight excluding hydrogens is 308 g/mol. The topological polar surface area (TPSA) is 72.8 Å². The number of carbonyl (C=O) groups is 2. The molecule has 0 spiro atoms. The number of rotatable bonds is 3. The fraction of sp³-hybridized carbons (Fsp3) is 0.579. The Morgan fingerprint density at radius 1 is 1.42 bits per heavy atom. The Hall–Kier alpha value is -1.88. The minimum absolute atomic E-state index is 0.0714. The van der Waals surface area contributed by atoms with Gasteiger partial charge in [0.15, 0.2) is 0 Å². The van der Waals surface area contributed by atoms with Crippen LogP contribution in [0.25, 0.3) is 0 Å². The second kappa shape index (κ2) is 6.20. The molecule has 3 rings (SSSR count). The summed E-state index contributed by atoms with van der Waals surface area (Å²) in [4.78, 5) is 23.7. The van der Waals surface area contributed by atoms with E-state index in [2.05, 4.69) is 13.2 Å². The average molecular weight is 332 g/mol. The van der Waals surface area contributed by atoms with Gasteiger partial charge in [-0.2, -0.15) is 0 Å². The maximum Gasteiger partial charge on any atom is 0.334 e. The van der Waals surface area contributed by atoms with Crippen molar-refractivity contribution < 1.29 is 24.2 Å². The lowest BCUT2D eigenvalue weighted by Gasteiger charge is -2.23. The zero-order valence-corrected chi connectivity index (χ0v) is 14.2. The number of aliphatic hydroxyl groups excluding tert-OH is 1. The van der Waals surface area contributed by atoms with E-state index in [1.807, 2.05) is 0 Å². The third kappa shape index (κ3) is 2.71. The van der Waals surface area contributed by atoms with E-state index in [1.54, 1.807) is 13.8 Å². The van der Waals surface area contributed by atoms with Gasteiger partial charge >= 0.3 is 11.9 Å². The molecule has 2 aliphatic carbocycles. The van der Waals surface area contributed by atoms with Crippen molar-refractivity contribution in [3.8, 4) is 0 Å². The van der Waals surface area contributed by atoms with E-state index in [9.17, 15) is 14.7 Å². The quantitative estimate of drug-likeness (QED) is 0.488. The molecule has 0 amide bonds. The smallest absolute Gasteiger partial charge is 0.334 e. The number of carbonyl (C=O) groups excluding carboxylic acids is 2. The Balaban J connectivity index is 1.90. The van der Waals surface area contributed by atoms with E-state index >= 15 is 0 Å². The lowest BCUT2D eigenvalue weighted by atomic mass is 9.84. The second-order valence-electron chi connectivity index (χ2n) is 7.20. The van der Waals surface area contributed by atoms with Crippen LogP contribution in [0.15, 0.2) is 35.5 Å². The van der Waals surface area contributed by atoms with Crippen LogP contribution >= 0.6 is 0 Å². The van der Waals surface area contributed by atoms with Crippen LogP contribution < -0.4 is 0 Å². The van der Waals surface area contributed by atoms with Gasteiger partial charge in [-0.3, -0.25) is 4.79 Å². The Morgan fingerprint density at radius 2 is 2.12 bits per heavy atom. The Labute approximate surface area is 142 Å². The van der Waals surface area contributed by atoms with Crippen molar-refractivity contribution in [1.29, 1.82) is 0 Å². The molecular formula is C19H24O5. The lowest BCUT2D eigenvalue weighted by molar-refractivity contribution is -0.146. The molecule has 0 bridgehead atoms. The molecule has 1 saturated carbocycles. The summed E-state index contributed by atoms with van der Waals surface area (Å²) < 4.78 is 11.0. The molecule has 0 aromatic carbocycles. The molecule has 1 heterocycles. The highest BCUT2D eigenvalue weighted by Gasteiger charge is 2.50.